The Balaban J connectivity index is 2.56. The van der Waals surface area contributed by atoms with Crippen LogP contribution in [0.15, 0.2) is 24.3 Å². The van der Waals surface area contributed by atoms with Crippen LogP contribution in [0.1, 0.15) is 0 Å². The summed E-state index contributed by atoms with van der Waals surface area (Å²) < 4.78 is 26.2. The van der Waals surface area contributed by atoms with Crippen molar-refractivity contribution in [3.63, 3.8) is 0 Å². The Morgan fingerprint density at radius 2 is 1.92 bits per heavy atom. The molecular formula is C9H11FO3. The van der Waals surface area contributed by atoms with Crippen LogP contribution >= 0.6 is 0 Å². The number of benzene rings is 1. The maximum absolute atomic E-state index is 11.8. The summed E-state index contributed by atoms with van der Waals surface area (Å²) in [5.74, 6) is 1.03. The standard InChI is InChI=1S/C9H11FO3/c1-11-7-13-9-4-2-3-8(5-9)12-6-10/h2-5H,6-7H2,1H3. The molecule has 0 saturated carbocycles. The molecule has 0 fully saturated rings. The molecule has 0 N–H and O–H groups in total. The predicted octanol–water partition coefficient (Wildman–Crippen LogP) is 1.98. The molecule has 1 aromatic rings. The van der Waals surface area contributed by atoms with Gasteiger partial charge in [-0.05, 0) is 12.1 Å². The van der Waals surface area contributed by atoms with Gasteiger partial charge in [-0.3, -0.25) is 0 Å². The molecule has 13 heavy (non-hydrogen) atoms. The zero-order chi connectivity index (χ0) is 9.52. The summed E-state index contributed by atoms with van der Waals surface area (Å²) in [6.45, 7) is -0.674. The van der Waals surface area contributed by atoms with Crippen LogP contribution in [-0.4, -0.2) is 20.8 Å². The Labute approximate surface area is 76.0 Å². The van der Waals surface area contributed by atoms with Crippen molar-refractivity contribution in [2.75, 3.05) is 20.8 Å². The van der Waals surface area contributed by atoms with Gasteiger partial charge in [0, 0.05) is 13.2 Å². The molecule has 0 radical (unpaired) electrons. The summed E-state index contributed by atoms with van der Waals surface area (Å²) in [6, 6.07) is 6.71. The molecule has 0 aliphatic rings. The van der Waals surface area contributed by atoms with Crippen molar-refractivity contribution in [2.24, 2.45) is 0 Å². The van der Waals surface area contributed by atoms with Crippen LogP contribution in [0.5, 0.6) is 11.5 Å². The average molecular weight is 186 g/mol. The highest BCUT2D eigenvalue weighted by Crippen LogP contribution is 2.19. The number of hydrogen-bond acceptors (Lipinski definition) is 3. The van der Waals surface area contributed by atoms with E-state index in [-0.39, 0.29) is 6.79 Å². The predicted molar refractivity (Wildman–Crippen MR) is 45.5 cm³/mol. The zero-order valence-electron chi connectivity index (χ0n) is 7.33. The SMILES string of the molecule is COCOc1cccc(OCF)c1. The molecule has 4 heteroatoms. The quantitative estimate of drug-likeness (QED) is 0.658. The largest absolute Gasteiger partial charge is 0.467 e. The van der Waals surface area contributed by atoms with Gasteiger partial charge in [-0.2, -0.15) is 0 Å². The van der Waals surface area contributed by atoms with E-state index >= 15 is 0 Å². The first-order valence-electron chi connectivity index (χ1n) is 3.77. The van der Waals surface area contributed by atoms with Crippen molar-refractivity contribution in [2.45, 2.75) is 0 Å². The summed E-state index contributed by atoms with van der Waals surface area (Å²) in [5.41, 5.74) is 0. The van der Waals surface area contributed by atoms with Crippen molar-refractivity contribution >= 4 is 0 Å². The van der Waals surface area contributed by atoms with Gasteiger partial charge >= 0.3 is 0 Å². The highest BCUT2D eigenvalue weighted by Gasteiger charge is 1.96. The smallest absolute Gasteiger partial charge is 0.228 e. The summed E-state index contributed by atoms with van der Waals surface area (Å²) in [7, 11) is 1.53. The molecule has 72 valence electrons. The lowest BCUT2D eigenvalue weighted by Crippen LogP contribution is -1.99. The Morgan fingerprint density at radius 1 is 1.23 bits per heavy atom. The van der Waals surface area contributed by atoms with Crippen LogP contribution < -0.4 is 9.47 Å². The fraction of sp³-hybridized carbons (Fsp3) is 0.333. The topological polar surface area (TPSA) is 27.7 Å². The number of hydrogen-bond donors (Lipinski definition) is 0. The summed E-state index contributed by atoms with van der Waals surface area (Å²) in [6.07, 6.45) is 0. The van der Waals surface area contributed by atoms with E-state index in [1.807, 2.05) is 0 Å². The maximum atomic E-state index is 11.8. The minimum absolute atomic E-state index is 0.166. The normalized spacial score (nSPS) is 9.69. The van der Waals surface area contributed by atoms with E-state index in [1.54, 1.807) is 24.3 Å². The highest BCUT2D eigenvalue weighted by molar-refractivity contribution is 5.32. The van der Waals surface area contributed by atoms with E-state index in [0.29, 0.717) is 11.5 Å². The molecule has 3 nitrogen and oxygen atoms in total. The molecule has 0 heterocycles. The van der Waals surface area contributed by atoms with Gasteiger partial charge in [-0.15, -0.1) is 0 Å². The lowest BCUT2D eigenvalue weighted by molar-refractivity contribution is 0.0508. The number of alkyl halides is 1. The van der Waals surface area contributed by atoms with Crippen LogP contribution in [0.25, 0.3) is 0 Å². The maximum Gasteiger partial charge on any atom is 0.228 e. The average Bonchev–Trinajstić information content (AvgIpc) is 2.16. The number of ether oxygens (including phenoxy) is 3. The molecule has 1 rings (SSSR count). The highest BCUT2D eigenvalue weighted by atomic mass is 19.1. The van der Waals surface area contributed by atoms with Crippen molar-refractivity contribution in [1.29, 1.82) is 0 Å². The van der Waals surface area contributed by atoms with Gasteiger partial charge < -0.3 is 14.2 Å². The molecule has 0 amide bonds. The number of methoxy groups -OCH3 is 1. The third kappa shape index (κ3) is 3.29. The fourth-order valence-corrected chi connectivity index (χ4v) is 0.844. The molecular weight excluding hydrogens is 175 g/mol. The molecule has 1 aromatic carbocycles. The minimum atomic E-state index is -0.840. The Bertz CT molecular complexity index is 252. The minimum Gasteiger partial charge on any atom is -0.467 e. The van der Waals surface area contributed by atoms with Crippen LogP contribution in [0, 0.1) is 0 Å². The summed E-state index contributed by atoms with van der Waals surface area (Å²) in [4.78, 5) is 0. The number of halogens is 1. The lowest BCUT2D eigenvalue weighted by atomic mass is 10.3. The van der Waals surface area contributed by atoms with Crippen molar-refractivity contribution in [1.82, 2.24) is 0 Å². The van der Waals surface area contributed by atoms with Gasteiger partial charge in [0.2, 0.25) is 6.86 Å². The van der Waals surface area contributed by atoms with E-state index in [1.165, 1.54) is 7.11 Å². The zero-order valence-corrected chi connectivity index (χ0v) is 7.33. The molecule has 0 spiro atoms. The van der Waals surface area contributed by atoms with Gasteiger partial charge in [0.25, 0.3) is 0 Å². The first-order valence-corrected chi connectivity index (χ1v) is 3.77. The molecule has 0 bridgehead atoms. The first kappa shape index (κ1) is 9.80. The third-order valence-electron chi connectivity index (χ3n) is 1.37. The van der Waals surface area contributed by atoms with Crippen molar-refractivity contribution < 1.29 is 18.6 Å². The van der Waals surface area contributed by atoms with Crippen molar-refractivity contribution in [3.05, 3.63) is 24.3 Å². The van der Waals surface area contributed by atoms with E-state index in [2.05, 4.69) is 4.74 Å². The van der Waals surface area contributed by atoms with E-state index in [9.17, 15) is 4.39 Å². The van der Waals surface area contributed by atoms with Gasteiger partial charge in [0.1, 0.15) is 11.5 Å². The van der Waals surface area contributed by atoms with Crippen LogP contribution in [0.4, 0.5) is 4.39 Å². The Morgan fingerprint density at radius 3 is 2.54 bits per heavy atom. The van der Waals surface area contributed by atoms with Crippen LogP contribution in [0.3, 0.4) is 0 Å². The van der Waals surface area contributed by atoms with E-state index in [0.717, 1.165) is 0 Å². The lowest BCUT2D eigenvalue weighted by Gasteiger charge is -2.06. The molecule has 0 saturated heterocycles. The number of rotatable bonds is 5. The van der Waals surface area contributed by atoms with Gasteiger partial charge in [0.15, 0.2) is 6.79 Å². The Hall–Kier alpha value is -1.29. The second-order valence-corrected chi connectivity index (χ2v) is 2.28. The molecule has 0 aliphatic heterocycles. The molecule has 0 aromatic heterocycles. The second kappa shape index (κ2) is 5.37. The summed E-state index contributed by atoms with van der Waals surface area (Å²) >= 11 is 0. The first-order chi connectivity index (χ1) is 6.36. The van der Waals surface area contributed by atoms with Crippen LogP contribution in [-0.2, 0) is 4.74 Å². The molecule has 0 aliphatic carbocycles. The van der Waals surface area contributed by atoms with Crippen LogP contribution in [0.2, 0.25) is 0 Å². The Kier molecular flexibility index (Phi) is 4.05. The van der Waals surface area contributed by atoms with Crippen molar-refractivity contribution in [3.8, 4) is 11.5 Å². The van der Waals surface area contributed by atoms with Gasteiger partial charge in [0.05, 0.1) is 0 Å². The molecule has 0 atom stereocenters. The van der Waals surface area contributed by atoms with E-state index < -0.39 is 6.86 Å². The summed E-state index contributed by atoms with van der Waals surface area (Å²) in [5, 5.41) is 0. The fourth-order valence-electron chi connectivity index (χ4n) is 0.844. The second-order valence-electron chi connectivity index (χ2n) is 2.28. The van der Waals surface area contributed by atoms with Gasteiger partial charge in [-0.1, -0.05) is 6.07 Å². The van der Waals surface area contributed by atoms with Gasteiger partial charge in [-0.25, -0.2) is 4.39 Å². The van der Waals surface area contributed by atoms with E-state index in [4.69, 9.17) is 9.47 Å². The molecule has 0 unspecified atom stereocenters. The monoisotopic (exact) mass is 186 g/mol. The third-order valence-corrected chi connectivity index (χ3v) is 1.37.